The van der Waals surface area contributed by atoms with Crippen molar-refractivity contribution >= 4 is 17.3 Å². The van der Waals surface area contributed by atoms with E-state index in [0.717, 1.165) is 0 Å². The summed E-state index contributed by atoms with van der Waals surface area (Å²) in [5.41, 5.74) is 0.0638. The van der Waals surface area contributed by atoms with Crippen molar-refractivity contribution in [2.45, 2.75) is 6.92 Å². The molecule has 3 rings (SSSR count). The summed E-state index contributed by atoms with van der Waals surface area (Å²) in [7, 11) is 1.52. The minimum Gasteiger partial charge on any atom is -0.497 e. The number of aromatic nitrogens is 2. The number of carbonyl (C=O) groups excluding carboxylic acids is 1. The monoisotopic (exact) mass is 371 g/mol. The van der Waals surface area contributed by atoms with E-state index in [9.17, 15) is 19.7 Å². The third kappa shape index (κ3) is 3.54. The molecule has 0 radical (unpaired) electrons. The number of aromatic amines is 1. The quantitative estimate of drug-likeness (QED) is 0.399. The summed E-state index contributed by atoms with van der Waals surface area (Å²) in [6.45, 7) is 1.61. The van der Waals surface area contributed by atoms with E-state index in [2.05, 4.69) is 10.6 Å². The number of hydrogen-bond donors (Lipinski definition) is 2. The van der Waals surface area contributed by atoms with Gasteiger partial charge in [0.25, 0.3) is 5.69 Å². The summed E-state index contributed by atoms with van der Waals surface area (Å²) < 4.78 is 11.0. The van der Waals surface area contributed by atoms with Crippen molar-refractivity contribution in [1.29, 1.82) is 0 Å². The molecular formula is C17H15N4O6+. The van der Waals surface area contributed by atoms with Gasteiger partial charge in [-0.15, -0.1) is 0 Å². The SMILES string of the molecule is COc1ccc(-[n+]2[nH]oc(=O)c2C(=O)Nc2ccc([N+](=O)[O-])cc2C)cc1. The zero-order valence-electron chi connectivity index (χ0n) is 14.4. The number of carbonyl (C=O) groups is 1. The van der Waals surface area contributed by atoms with E-state index in [1.165, 1.54) is 30.0 Å². The zero-order valence-corrected chi connectivity index (χ0v) is 14.4. The number of hydrogen-bond acceptors (Lipinski definition) is 6. The summed E-state index contributed by atoms with van der Waals surface area (Å²) >= 11 is 0. The summed E-state index contributed by atoms with van der Waals surface area (Å²) in [6, 6.07) is 10.6. The van der Waals surface area contributed by atoms with Crippen molar-refractivity contribution in [2.75, 3.05) is 12.4 Å². The van der Waals surface area contributed by atoms with Crippen LogP contribution >= 0.6 is 0 Å². The van der Waals surface area contributed by atoms with Gasteiger partial charge in [-0.3, -0.25) is 19.4 Å². The van der Waals surface area contributed by atoms with Crippen molar-refractivity contribution < 1.29 is 23.7 Å². The molecule has 27 heavy (non-hydrogen) atoms. The number of nitrogens with one attached hydrogen (secondary N) is 2. The average molecular weight is 371 g/mol. The molecule has 1 amide bonds. The highest BCUT2D eigenvalue weighted by Gasteiger charge is 2.31. The maximum absolute atomic E-state index is 12.6. The topological polar surface area (TPSA) is 131 Å². The van der Waals surface area contributed by atoms with Gasteiger partial charge in [0.15, 0.2) is 0 Å². The molecule has 0 saturated heterocycles. The Kier molecular flexibility index (Phi) is 4.71. The number of H-pyrrole nitrogens is 1. The summed E-state index contributed by atoms with van der Waals surface area (Å²) in [6.07, 6.45) is 0. The van der Waals surface area contributed by atoms with Gasteiger partial charge in [-0.2, -0.15) is 0 Å². The molecule has 0 fully saturated rings. The third-order valence-corrected chi connectivity index (χ3v) is 3.86. The smallest absolute Gasteiger partial charge is 0.441 e. The molecule has 2 aromatic carbocycles. The summed E-state index contributed by atoms with van der Waals surface area (Å²) in [5, 5.41) is 15.8. The van der Waals surface area contributed by atoms with Crippen LogP contribution in [0.2, 0.25) is 0 Å². The number of anilines is 1. The molecule has 0 aliphatic rings. The Labute approximate surface area is 152 Å². The highest BCUT2D eigenvalue weighted by atomic mass is 16.6. The Morgan fingerprint density at radius 2 is 1.96 bits per heavy atom. The number of rotatable bonds is 5. The van der Waals surface area contributed by atoms with Gasteiger partial charge in [0.1, 0.15) is 5.75 Å². The lowest BCUT2D eigenvalue weighted by Crippen LogP contribution is -2.42. The maximum Gasteiger partial charge on any atom is 0.441 e. The van der Waals surface area contributed by atoms with Crippen molar-refractivity contribution in [3.05, 3.63) is 74.3 Å². The average Bonchev–Trinajstić information content (AvgIpc) is 3.04. The lowest BCUT2D eigenvalue weighted by atomic mass is 10.1. The van der Waals surface area contributed by atoms with Crippen LogP contribution in [-0.2, 0) is 0 Å². The molecule has 0 bridgehead atoms. The van der Waals surface area contributed by atoms with E-state index < -0.39 is 16.5 Å². The lowest BCUT2D eigenvalue weighted by Gasteiger charge is -2.05. The molecule has 0 aliphatic heterocycles. The summed E-state index contributed by atoms with van der Waals surface area (Å²) in [5.74, 6) is -0.115. The van der Waals surface area contributed by atoms with Crippen molar-refractivity contribution in [1.82, 2.24) is 5.27 Å². The number of nitro benzene ring substituents is 1. The fourth-order valence-corrected chi connectivity index (χ4v) is 2.46. The first-order valence-corrected chi connectivity index (χ1v) is 7.75. The first-order valence-electron chi connectivity index (χ1n) is 7.75. The number of nitrogens with zero attached hydrogens (tertiary/aromatic N) is 2. The van der Waals surface area contributed by atoms with E-state index in [1.807, 2.05) is 0 Å². The number of non-ortho nitro benzene ring substituents is 1. The van der Waals surface area contributed by atoms with Crippen LogP contribution in [0.25, 0.3) is 5.69 Å². The maximum atomic E-state index is 12.6. The molecule has 138 valence electrons. The van der Waals surface area contributed by atoms with Gasteiger partial charge in [0.2, 0.25) is 5.69 Å². The Balaban J connectivity index is 1.93. The van der Waals surface area contributed by atoms with Gasteiger partial charge in [-0.25, -0.2) is 4.79 Å². The van der Waals surface area contributed by atoms with Crippen molar-refractivity contribution in [2.24, 2.45) is 0 Å². The molecule has 0 atom stereocenters. The molecule has 2 N–H and O–H groups in total. The molecule has 0 saturated carbocycles. The standard InChI is InChI=1S/C17H14N4O6/c1-10-9-12(21(24)25)5-8-14(10)18-16(22)15-17(23)27-19-20(15)11-3-6-13(26-2)7-4-11/h3-9H,1-2H3,(H-,18,19,22,23)/p+1. The van der Waals surface area contributed by atoms with E-state index in [4.69, 9.17) is 9.26 Å². The van der Waals surface area contributed by atoms with E-state index in [0.29, 0.717) is 22.7 Å². The fraction of sp³-hybridized carbons (Fsp3) is 0.118. The van der Waals surface area contributed by atoms with Gasteiger partial charge in [0.05, 0.1) is 12.0 Å². The van der Waals surface area contributed by atoms with Crippen LogP contribution < -0.4 is 20.4 Å². The predicted octanol–water partition coefficient (Wildman–Crippen LogP) is 1.72. The first-order chi connectivity index (χ1) is 12.9. The second-order valence-corrected chi connectivity index (χ2v) is 5.57. The molecule has 3 aromatic rings. The van der Waals surface area contributed by atoms with Gasteiger partial charge >= 0.3 is 17.2 Å². The highest BCUT2D eigenvalue weighted by Crippen LogP contribution is 2.21. The lowest BCUT2D eigenvalue weighted by molar-refractivity contribution is -0.672. The Hall–Kier alpha value is -3.95. The molecule has 0 aliphatic carbocycles. The summed E-state index contributed by atoms with van der Waals surface area (Å²) in [4.78, 5) is 34.9. The van der Waals surface area contributed by atoms with Crippen molar-refractivity contribution in [3.63, 3.8) is 0 Å². The molecule has 10 nitrogen and oxygen atoms in total. The molecule has 10 heteroatoms. The van der Waals surface area contributed by atoms with Gasteiger partial charge in [-0.05, 0) is 40.6 Å². The minimum atomic E-state index is -0.858. The number of nitro groups is 1. The number of aryl methyl sites for hydroxylation is 1. The second kappa shape index (κ2) is 7.12. The van der Waals surface area contributed by atoms with Crippen LogP contribution in [0.5, 0.6) is 5.75 Å². The van der Waals surface area contributed by atoms with E-state index in [-0.39, 0.29) is 11.4 Å². The normalized spacial score (nSPS) is 10.4. The first kappa shape index (κ1) is 17.9. The highest BCUT2D eigenvalue weighted by molar-refractivity contribution is 6.02. The van der Waals surface area contributed by atoms with Gasteiger partial charge < -0.3 is 10.1 Å². The third-order valence-electron chi connectivity index (χ3n) is 3.86. The molecule has 0 spiro atoms. The number of amides is 1. The molecule has 0 unspecified atom stereocenters. The van der Waals surface area contributed by atoms with Crippen LogP contribution in [0.15, 0.2) is 51.8 Å². The van der Waals surface area contributed by atoms with E-state index in [1.54, 1.807) is 31.2 Å². The number of benzene rings is 2. The van der Waals surface area contributed by atoms with Crippen LogP contribution in [0.3, 0.4) is 0 Å². The van der Waals surface area contributed by atoms with Crippen molar-refractivity contribution in [3.8, 4) is 11.4 Å². The number of methoxy groups -OCH3 is 1. The predicted molar refractivity (Wildman–Crippen MR) is 93.2 cm³/mol. The van der Waals surface area contributed by atoms with Crippen LogP contribution in [0.4, 0.5) is 11.4 Å². The number of ether oxygens (including phenoxy) is 1. The Morgan fingerprint density at radius 1 is 1.26 bits per heavy atom. The zero-order chi connectivity index (χ0) is 19.6. The van der Waals surface area contributed by atoms with Gasteiger partial charge in [0, 0.05) is 30.0 Å². The molecule has 1 heterocycles. The Morgan fingerprint density at radius 3 is 2.56 bits per heavy atom. The van der Waals surface area contributed by atoms with Crippen LogP contribution in [-0.4, -0.2) is 23.2 Å². The minimum absolute atomic E-state index is 0.0973. The largest absolute Gasteiger partial charge is 0.497 e. The Bertz CT molecular complexity index is 1070. The van der Waals surface area contributed by atoms with Crippen LogP contribution in [0, 0.1) is 17.0 Å². The van der Waals surface area contributed by atoms with E-state index >= 15 is 0 Å². The second-order valence-electron chi connectivity index (χ2n) is 5.57. The fourth-order valence-electron chi connectivity index (χ4n) is 2.46. The van der Waals surface area contributed by atoms with Gasteiger partial charge in [-0.1, -0.05) is 0 Å². The molecular weight excluding hydrogens is 356 g/mol. The van der Waals surface area contributed by atoms with Crippen LogP contribution in [0.1, 0.15) is 16.1 Å². The molecule has 1 aromatic heterocycles.